The topological polar surface area (TPSA) is 108 Å². The van der Waals surface area contributed by atoms with Gasteiger partial charge >= 0.3 is 0 Å². The minimum Gasteiger partial charge on any atom is -0.385 e. The fourth-order valence-electron chi connectivity index (χ4n) is 3.13. The zero-order chi connectivity index (χ0) is 20.4. The fourth-order valence-corrected chi connectivity index (χ4v) is 3.65. The molecule has 4 heterocycles. The van der Waals surface area contributed by atoms with Gasteiger partial charge in [0.1, 0.15) is 0 Å². The molecule has 0 aliphatic carbocycles. The Morgan fingerprint density at radius 2 is 1.86 bits per heavy atom. The standard InChI is InChI=1S/C19H20N6O3S/c1-3-29-19-21-18(22-23-19)25-9-6-15-13(17(25)27)11-12-14(20-15)5-8-24(16(12)26)7-4-10-28-2/h5-6,8-9,11H,3-4,7,10H2,1-2H3,(H,21,22,23). The molecule has 0 spiro atoms. The maximum atomic E-state index is 13.0. The Kier molecular flexibility index (Phi) is 5.45. The molecule has 0 fully saturated rings. The lowest BCUT2D eigenvalue weighted by molar-refractivity contribution is 0.190. The number of nitrogens with zero attached hydrogens (tertiary/aromatic N) is 5. The first-order valence-corrected chi connectivity index (χ1v) is 10.2. The summed E-state index contributed by atoms with van der Waals surface area (Å²) in [4.78, 5) is 34.7. The summed E-state index contributed by atoms with van der Waals surface area (Å²) < 4.78 is 8.04. The number of thioether (sulfide) groups is 1. The molecule has 0 aliphatic rings. The first kappa shape index (κ1) is 19.3. The van der Waals surface area contributed by atoms with Crippen LogP contribution in [0.25, 0.3) is 27.8 Å². The maximum Gasteiger partial charge on any atom is 0.266 e. The van der Waals surface area contributed by atoms with Gasteiger partial charge in [0.15, 0.2) is 0 Å². The Labute approximate surface area is 169 Å². The molecule has 4 aromatic heterocycles. The number of ether oxygens (including phenoxy) is 1. The number of hydrogen-bond donors (Lipinski definition) is 1. The molecule has 0 saturated carbocycles. The summed E-state index contributed by atoms with van der Waals surface area (Å²) >= 11 is 1.48. The van der Waals surface area contributed by atoms with Gasteiger partial charge in [-0.05, 0) is 30.4 Å². The number of aryl methyl sites for hydroxylation is 1. The number of nitrogens with one attached hydrogen (secondary N) is 1. The van der Waals surface area contributed by atoms with Gasteiger partial charge < -0.3 is 9.30 Å². The second-order valence-electron chi connectivity index (χ2n) is 6.38. The van der Waals surface area contributed by atoms with E-state index in [9.17, 15) is 9.59 Å². The van der Waals surface area contributed by atoms with E-state index < -0.39 is 0 Å². The van der Waals surface area contributed by atoms with Crippen molar-refractivity contribution in [3.05, 3.63) is 51.3 Å². The van der Waals surface area contributed by atoms with Crippen LogP contribution in [0.5, 0.6) is 0 Å². The van der Waals surface area contributed by atoms with Crippen molar-refractivity contribution in [2.24, 2.45) is 0 Å². The third kappa shape index (κ3) is 3.68. The van der Waals surface area contributed by atoms with Crippen molar-refractivity contribution in [1.82, 2.24) is 29.3 Å². The largest absolute Gasteiger partial charge is 0.385 e. The summed E-state index contributed by atoms with van der Waals surface area (Å²) in [6.45, 7) is 3.11. The summed E-state index contributed by atoms with van der Waals surface area (Å²) in [5, 5.41) is 8.22. The van der Waals surface area contributed by atoms with Crippen LogP contribution < -0.4 is 11.1 Å². The van der Waals surface area contributed by atoms with Crippen molar-refractivity contribution in [3.63, 3.8) is 0 Å². The van der Waals surface area contributed by atoms with E-state index in [0.717, 1.165) is 12.2 Å². The lowest BCUT2D eigenvalue weighted by Crippen LogP contribution is -2.22. The van der Waals surface area contributed by atoms with Gasteiger partial charge in [-0.3, -0.25) is 14.2 Å². The molecule has 0 atom stereocenters. The van der Waals surface area contributed by atoms with Crippen molar-refractivity contribution in [2.45, 2.75) is 25.0 Å². The minimum atomic E-state index is -0.310. The number of pyridine rings is 3. The molecule has 150 valence electrons. The Hall–Kier alpha value is -2.98. The van der Waals surface area contributed by atoms with Gasteiger partial charge in [-0.25, -0.2) is 10.1 Å². The molecule has 0 aliphatic heterocycles. The highest BCUT2D eigenvalue weighted by Gasteiger charge is 2.13. The number of hydrogen-bond acceptors (Lipinski definition) is 7. The van der Waals surface area contributed by atoms with Crippen molar-refractivity contribution < 1.29 is 4.74 Å². The number of fused-ring (bicyclic) bond motifs is 2. The third-order valence-electron chi connectivity index (χ3n) is 4.52. The molecule has 10 heteroatoms. The van der Waals surface area contributed by atoms with E-state index in [1.54, 1.807) is 42.3 Å². The van der Waals surface area contributed by atoms with Crippen LogP contribution in [-0.2, 0) is 11.3 Å². The van der Waals surface area contributed by atoms with Crippen molar-refractivity contribution in [1.29, 1.82) is 0 Å². The molecule has 1 N–H and O–H groups in total. The summed E-state index contributed by atoms with van der Waals surface area (Å²) in [7, 11) is 1.63. The number of H-pyrrole nitrogens is 1. The van der Waals surface area contributed by atoms with Crippen LogP contribution in [0.1, 0.15) is 13.3 Å². The van der Waals surface area contributed by atoms with E-state index in [4.69, 9.17) is 4.74 Å². The number of aromatic nitrogens is 6. The molecule has 0 radical (unpaired) electrons. The molecule has 0 aromatic carbocycles. The van der Waals surface area contributed by atoms with Gasteiger partial charge in [-0.2, -0.15) is 4.98 Å². The van der Waals surface area contributed by atoms with E-state index in [1.165, 1.54) is 16.3 Å². The van der Waals surface area contributed by atoms with Crippen LogP contribution in [0.4, 0.5) is 0 Å². The molecule has 4 rings (SSSR count). The van der Waals surface area contributed by atoms with Crippen LogP contribution in [0, 0.1) is 0 Å². The molecular formula is C19H20N6O3S. The van der Waals surface area contributed by atoms with E-state index in [-0.39, 0.29) is 11.1 Å². The van der Waals surface area contributed by atoms with Crippen LogP contribution >= 0.6 is 11.8 Å². The molecular weight excluding hydrogens is 392 g/mol. The van der Waals surface area contributed by atoms with E-state index in [1.807, 2.05) is 6.92 Å². The van der Waals surface area contributed by atoms with E-state index in [0.29, 0.717) is 46.1 Å². The lowest BCUT2D eigenvalue weighted by atomic mass is 10.2. The molecule has 29 heavy (non-hydrogen) atoms. The molecule has 0 amide bonds. The Morgan fingerprint density at radius 3 is 2.62 bits per heavy atom. The second-order valence-corrected chi connectivity index (χ2v) is 7.61. The van der Waals surface area contributed by atoms with Gasteiger partial charge in [0.25, 0.3) is 11.1 Å². The maximum absolute atomic E-state index is 13.0. The number of methoxy groups -OCH3 is 1. The Morgan fingerprint density at radius 1 is 1.10 bits per heavy atom. The normalized spacial score (nSPS) is 11.5. The zero-order valence-corrected chi connectivity index (χ0v) is 16.9. The average molecular weight is 412 g/mol. The Balaban J connectivity index is 1.83. The van der Waals surface area contributed by atoms with E-state index in [2.05, 4.69) is 20.2 Å². The van der Waals surface area contributed by atoms with E-state index >= 15 is 0 Å². The smallest absolute Gasteiger partial charge is 0.266 e. The quantitative estimate of drug-likeness (QED) is 0.281. The van der Waals surface area contributed by atoms with Gasteiger partial charge in [-0.15, -0.1) is 5.10 Å². The second kappa shape index (κ2) is 8.18. The highest BCUT2D eigenvalue weighted by molar-refractivity contribution is 7.99. The summed E-state index contributed by atoms with van der Waals surface area (Å²) in [6, 6.07) is 5.14. The first-order valence-electron chi connectivity index (χ1n) is 9.22. The molecule has 9 nitrogen and oxygen atoms in total. The highest BCUT2D eigenvalue weighted by Crippen LogP contribution is 2.16. The predicted molar refractivity (Wildman–Crippen MR) is 112 cm³/mol. The minimum absolute atomic E-state index is 0.177. The average Bonchev–Trinajstić information content (AvgIpc) is 3.18. The first-order chi connectivity index (χ1) is 14.1. The van der Waals surface area contributed by atoms with Gasteiger partial charge in [0.05, 0.1) is 21.8 Å². The third-order valence-corrected chi connectivity index (χ3v) is 5.25. The predicted octanol–water partition coefficient (Wildman–Crippen LogP) is 1.97. The van der Waals surface area contributed by atoms with Crippen molar-refractivity contribution >= 4 is 33.6 Å². The van der Waals surface area contributed by atoms with Gasteiger partial charge in [0, 0.05) is 32.7 Å². The number of aromatic amines is 1. The van der Waals surface area contributed by atoms with Crippen LogP contribution in [0.3, 0.4) is 0 Å². The summed E-state index contributed by atoms with van der Waals surface area (Å²) in [5.41, 5.74) is 0.598. The van der Waals surface area contributed by atoms with Crippen molar-refractivity contribution in [3.8, 4) is 5.95 Å². The van der Waals surface area contributed by atoms with Crippen molar-refractivity contribution in [2.75, 3.05) is 19.5 Å². The summed E-state index contributed by atoms with van der Waals surface area (Å²) in [5.74, 6) is 1.16. The summed E-state index contributed by atoms with van der Waals surface area (Å²) in [6.07, 6.45) is 4.05. The van der Waals surface area contributed by atoms with Crippen LogP contribution in [0.2, 0.25) is 0 Å². The molecule has 0 saturated heterocycles. The number of rotatable bonds is 7. The van der Waals surface area contributed by atoms with Gasteiger partial charge in [0.2, 0.25) is 11.1 Å². The van der Waals surface area contributed by atoms with Crippen LogP contribution in [0.15, 0.2) is 45.3 Å². The van der Waals surface area contributed by atoms with Gasteiger partial charge in [-0.1, -0.05) is 18.7 Å². The Bertz CT molecular complexity index is 1290. The molecule has 0 bridgehead atoms. The fraction of sp³-hybridized carbons (Fsp3) is 0.316. The lowest BCUT2D eigenvalue weighted by Gasteiger charge is -2.08. The molecule has 0 unspecified atom stereocenters. The van der Waals surface area contributed by atoms with Crippen LogP contribution in [-0.4, -0.2) is 48.8 Å². The zero-order valence-electron chi connectivity index (χ0n) is 16.1. The molecule has 4 aromatic rings. The highest BCUT2D eigenvalue weighted by atomic mass is 32.2. The SMILES string of the molecule is CCSc1n[nH]c(-n2ccc3nc4ccn(CCCOC)c(=O)c4cc3c2=O)n1. The monoisotopic (exact) mass is 412 g/mol.